The van der Waals surface area contributed by atoms with Crippen LogP contribution in [0.5, 0.6) is 0 Å². The van der Waals surface area contributed by atoms with Crippen LogP contribution in [0.3, 0.4) is 0 Å². The minimum atomic E-state index is 0. The van der Waals surface area contributed by atoms with Gasteiger partial charge in [0.15, 0.2) is 0 Å². The highest BCUT2D eigenvalue weighted by Crippen LogP contribution is 2.22. The second-order valence-electron chi connectivity index (χ2n) is 3.76. The van der Waals surface area contributed by atoms with E-state index in [0.717, 1.165) is 43.3 Å². The lowest BCUT2D eigenvalue weighted by Gasteiger charge is -2.27. The van der Waals surface area contributed by atoms with Crippen molar-refractivity contribution in [1.82, 2.24) is 10.2 Å². The topological polar surface area (TPSA) is 15.3 Å². The van der Waals surface area contributed by atoms with E-state index >= 15 is 0 Å². The first-order valence-electron chi connectivity index (χ1n) is 5.13. The lowest BCUT2D eigenvalue weighted by Crippen LogP contribution is -2.42. The van der Waals surface area contributed by atoms with Crippen LogP contribution in [0.15, 0.2) is 18.2 Å². The summed E-state index contributed by atoms with van der Waals surface area (Å²) in [6, 6.07) is 5.71. The van der Waals surface area contributed by atoms with Crippen LogP contribution in [0.2, 0.25) is 10.0 Å². The van der Waals surface area contributed by atoms with Crippen LogP contribution in [-0.2, 0) is 6.54 Å². The van der Waals surface area contributed by atoms with Crippen LogP contribution >= 0.6 is 48.0 Å². The number of rotatable bonds is 2. The third kappa shape index (κ3) is 5.21. The second kappa shape index (κ2) is 8.41. The number of piperazine rings is 1. The number of hydrogen-bond donors (Lipinski definition) is 1. The van der Waals surface area contributed by atoms with Crippen molar-refractivity contribution in [2.24, 2.45) is 0 Å². The van der Waals surface area contributed by atoms with E-state index in [1.807, 2.05) is 12.1 Å². The minimum Gasteiger partial charge on any atom is -0.314 e. The molecule has 2 rings (SSSR count). The summed E-state index contributed by atoms with van der Waals surface area (Å²) in [7, 11) is 0. The highest BCUT2D eigenvalue weighted by molar-refractivity contribution is 6.35. The van der Waals surface area contributed by atoms with Crippen molar-refractivity contribution in [3.8, 4) is 0 Å². The maximum absolute atomic E-state index is 6.12. The van der Waals surface area contributed by atoms with Gasteiger partial charge in [-0.05, 0) is 17.7 Å². The smallest absolute Gasteiger partial charge is 0.0465 e. The van der Waals surface area contributed by atoms with E-state index in [-0.39, 0.29) is 24.8 Å². The summed E-state index contributed by atoms with van der Waals surface area (Å²) in [6.07, 6.45) is 0. The van der Waals surface area contributed by atoms with Crippen LogP contribution in [0.4, 0.5) is 0 Å². The second-order valence-corrected chi connectivity index (χ2v) is 4.61. The zero-order valence-electron chi connectivity index (χ0n) is 9.29. The monoisotopic (exact) mass is 316 g/mol. The number of nitrogens with zero attached hydrogens (tertiary/aromatic N) is 1. The van der Waals surface area contributed by atoms with E-state index in [9.17, 15) is 0 Å². The number of benzene rings is 1. The van der Waals surface area contributed by atoms with Crippen molar-refractivity contribution >= 4 is 48.0 Å². The molecule has 1 aliphatic heterocycles. The number of hydrogen-bond acceptors (Lipinski definition) is 2. The fourth-order valence-corrected chi connectivity index (χ4v) is 2.23. The molecule has 1 heterocycles. The largest absolute Gasteiger partial charge is 0.314 e. The summed E-state index contributed by atoms with van der Waals surface area (Å²) in [4.78, 5) is 2.39. The minimum absolute atomic E-state index is 0. The maximum Gasteiger partial charge on any atom is 0.0465 e. The Bertz CT molecular complexity index is 340. The molecule has 0 saturated carbocycles. The predicted octanol–water partition coefficient (Wildman–Crippen LogP) is 3.24. The quantitative estimate of drug-likeness (QED) is 0.901. The van der Waals surface area contributed by atoms with Crippen molar-refractivity contribution in [1.29, 1.82) is 0 Å². The fraction of sp³-hybridized carbons (Fsp3) is 0.455. The molecule has 0 radical (unpaired) electrons. The molecule has 1 aromatic rings. The molecule has 17 heavy (non-hydrogen) atoms. The molecule has 1 aromatic carbocycles. The Morgan fingerprint density at radius 2 is 1.76 bits per heavy atom. The van der Waals surface area contributed by atoms with Gasteiger partial charge in [-0.1, -0.05) is 29.3 Å². The molecule has 0 unspecified atom stereocenters. The van der Waals surface area contributed by atoms with E-state index in [0.29, 0.717) is 5.02 Å². The van der Waals surface area contributed by atoms with E-state index in [1.165, 1.54) is 0 Å². The Morgan fingerprint density at radius 1 is 1.12 bits per heavy atom. The molecule has 1 fully saturated rings. The molecule has 2 nitrogen and oxygen atoms in total. The van der Waals surface area contributed by atoms with Gasteiger partial charge < -0.3 is 5.32 Å². The molecule has 0 aliphatic carbocycles. The molecule has 0 amide bonds. The molecular formula is C11H16Cl4N2. The van der Waals surface area contributed by atoms with E-state index < -0.39 is 0 Å². The predicted molar refractivity (Wildman–Crippen MR) is 79.1 cm³/mol. The Labute approximate surface area is 124 Å². The molecule has 0 spiro atoms. The standard InChI is InChI=1S/C11H14Cl2N2.2ClH/c12-10-2-1-9(11(13)7-10)8-15-5-3-14-4-6-15;;/h1-2,7,14H,3-6,8H2;2*1H. The van der Waals surface area contributed by atoms with Crippen molar-refractivity contribution in [3.05, 3.63) is 33.8 Å². The molecular weight excluding hydrogens is 302 g/mol. The molecule has 1 aliphatic rings. The summed E-state index contributed by atoms with van der Waals surface area (Å²) < 4.78 is 0. The summed E-state index contributed by atoms with van der Waals surface area (Å²) in [5.41, 5.74) is 1.16. The zero-order valence-corrected chi connectivity index (χ0v) is 12.4. The Kier molecular flexibility index (Phi) is 8.56. The van der Waals surface area contributed by atoms with Crippen molar-refractivity contribution in [2.75, 3.05) is 26.2 Å². The van der Waals surface area contributed by atoms with E-state index in [2.05, 4.69) is 10.2 Å². The van der Waals surface area contributed by atoms with Crippen LogP contribution in [0.1, 0.15) is 5.56 Å². The maximum atomic E-state index is 6.12. The Morgan fingerprint density at radius 3 is 2.35 bits per heavy atom. The Balaban J connectivity index is 0.00000128. The Hall–Kier alpha value is 0.300. The lowest BCUT2D eigenvalue weighted by atomic mass is 10.2. The van der Waals surface area contributed by atoms with Gasteiger partial charge >= 0.3 is 0 Å². The van der Waals surface area contributed by atoms with Gasteiger partial charge in [-0.25, -0.2) is 0 Å². The van der Waals surface area contributed by atoms with Gasteiger partial charge in [0, 0.05) is 42.8 Å². The van der Waals surface area contributed by atoms with Crippen molar-refractivity contribution < 1.29 is 0 Å². The first kappa shape index (κ1) is 17.3. The average Bonchev–Trinajstić information content (AvgIpc) is 2.24. The van der Waals surface area contributed by atoms with Gasteiger partial charge in [-0.15, -0.1) is 24.8 Å². The molecule has 0 atom stereocenters. The first-order chi connectivity index (χ1) is 7.25. The fourth-order valence-electron chi connectivity index (χ4n) is 1.76. The lowest BCUT2D eigenvalue weighted by molar-refractivity contribution is 0.233. The van der Waals surface area contributed by atoms with Gasteiger partial charge in [0.2, 0.25) is 0 Å². The number of halogens is 4. The highest BCUT2D eigenvalue weighted by Gasteiger charge is 2.11. The summed E-state index contributed by atoms with van der Waals surface area (Å²) in [6.45, 7) is 5.20. The normalized spacial score (nSPS) is 15.9. The van der Waals surface area contributed by atoms with Gasteiger partial charge in [0.05, 0.1) is 0 Å². The van der Waals surface area contributed by atoms with Crippen LogP contribution in [-0.4, -0.2) is 31.1 Å². The van der Waals surface area contributed by atoms with Crippen LogP contribution in [0, 0.1) is 0 Å². The molecule has 0 aromatic heterocycles. The van der Waals surface area contributed by atoms with Crippen molar-refractivity contribution in [3.63, 3.8) is 0 Å². The molecule has 6 heteroatoms. The van der Waals surface area contributed by atoms with Crippen molar-refractivity contribution in [2.45, 2.75) is 6.54 Å². The summed E-state index contributed by atoms with van der Waals surface area (Å²) >= 11 is 12.0. The van der Waals surface area contributed by atoms with Crippen LogP contribution < -0.4 is 5.32 Å². The molecule has 98 valence electrons. The number of nitrogens with one attached hydrogen (secondary N) is 1. The van der Waals surface area contributed by atoms with Gasteiger partial charge in [0.1, 0.15) is 0 Å². The molecule has 1 saturated heterocycles. The molecule has 1 N–H and O–H groups in total. The third-order valence-electron chi connectivity index (χ3n) is 2.62. The van der Waals surface area contributed by atoms with Gasteiger partial charge in [-0.2, -0.15) is 0 Å². The SMILES string of the molecule is Cl.Cl.Clc1ccc(CN2CCNCC2)c(Cl)c1. The van der Waals surface area contributed by atoms with E-state index in [4.69, 9.17) is 23.2 Å². The molecule has 0 bridgehead atoms. The van der Waals surface area contributed by atoms with Crippen LogP contribution in [0.25, 0.3) is 0 Å². The van der Waals surface area contributed by atoms with Gasteiger partial charge in [-0.3, -0.25) is 4.90 Å². The van der Waals surface area contributed by atoms with E-state index in [1.54, 1.807) is 6.07 Å². The van der Waals surface area contributed by atoms with Gasteiger partial charge in [0.25, 0.3) is 0 Å². The summed E-state index contributed by atoms with van der Waals surface area (Å²) in [5, 5.41) is 4.79. The highest BCUT2D eigenvalue weighted by atomic mass is 35.5. The zero-order chi connectivity index (χ0) is 10.7. The summed E-state index contributed by atoms with van der Waals surface area (Å²) in [5.74, 6) is 0. The average molecular weight is 318 g/mol. The first-order valence-corrected chi connectivity index (χ1v) is 5.88. The third-order valence-corrected chi connectivity index (χ3v) is 3.21.